The van der Waals surface area contributed by atoms with Crippen molar-refractivity contribution in [3.05, 3.63) is 33.8 Å². The van der Waals surface area contributed by atoms with E-state index in [0.717, 1.165) is 28.4 Å². The van der Waals surface area contributed by atoms with Crippen LogP contribution in [0.3, 0.4) is 0 Å². The largest absolute Gasteiger partial charge is 0.481 e. The maximum absolute atomic E-state index is 10.9. The van der Waals surface area contributed by atoms with E-state index in [2.05, 4.69) is 15.9 Å². The number of halogens is 1. The Balaban J connectivity index is 2.34. The van der Waals surface area contributed by atoms with Crippen LogP contribution in [0.5, 0.6) is 0 Å². The lowest BCUT2D eigenvalue weighted by Crippen LogP contribution is -2.15. The van der Waals surface area contributed by atoms with E-state index in [1.807, 2.05) is 18.2 Å². The minimum absolute atomic E-state index is 0.152. The van der Waals surface area contributed by atoms with Crippen LogP contribution in [0.2, 0.25) is 0 Å². The second-order valence-corrected chi connectivity index (χ2v) is 5.50. The van der Waals surface area contributed by atoms with Crippen LogP contribution < -0.4 is 0 Å². The minimum atomic E-state index is -0.728. The van der Waals surface area contributed by atoms with Gasteiger partial charge in [0, 0.05) is 17.0 Å². The fraction of sp³-hybridized carbons (Fsp3) is 0.462. The summed E-state index contributed by atoms with van der Waals surface area (Å²) in [7, 11) is 1.65. The van der Waals surface area contributed by atoms with Gasteiger partial charge in [-0.2, -0.15) is 0 Å². The first kappa shape index (κ1) is 12.6. The molecule has 0 bridgehead atoms. The molecule has 0 saturated heterocycles. The molecule has 2 rings (SSSR count). The van der Waals surface area contributed by atoms with Gasteiger partial charge in [0.2, 0.25) is 0 Å². The summed E-state index contributed by atoms with van der Waals surface area (Å²) in [4.78, 5) is 10.9. The molecule has 0 spiro atoms. The van der Waals surface area contributed by atoms with Crippen LogP contribution in [0, 0.1) is 0 Å². The highest BCUT2D eigenvalue weighted by Crippen LogP contribution is 2.52. The van der Waals surface area contributed by atoms with E-state index in [9.17, 15) is 4.79 Å². The normalized spacial score (nSPS) is 16.8. The summed E-state index contributed by atoms with van der Waals surface area (Å²) in [5.41, 5.74) is 2.06. The lowest BCUT2D eigenvalue weighted by molar-refractivity contribution is -0.137. The summed E-state index contributed by atoms with van der Waals surface area (Å²) in [6.07, 6.45) is 2.13. The first-order valence-corrected chi connectivity index (χ1v) is 6.36. The molecule has 0 aromatic heterocycles. The van der Waals surface area contributed by atoms with E-state index in [4.69, 9.17) is 9.84 Å². The predicted molar refractivity (Wildman–Crippen MR) is 68.0 cm³/mol. The topological polar surface area (TPSA) is 46.5 Å². The molecule has 1 N–H and O–H groups in total. The van der Waals surface area contributed by atoms with Crippen molar-refractivity contribution in [3.63, 3.8) is 0 Å². The molecule has 17 heavy (non-hydrogen) atoms. The van der Waals surface area contributed by atoms with Gasteiger partial charge < -0.3 is 9.84 Å². The van der Waals surface area contributed by atoms with E-state index < -0.39 is 5.97 Å². The molecule has 0 unspecified atom stereocenters. The third-order valence-electron chi connectivity index (χ3n) is 3.28. The van der Waals surface area contributed by atoms with Gasteiger partial charge in [-0.25, -0.2) is 0 Å². The maximum atomic E-state index is 10.9. The summed E-state index contributed by atoms with van der Waals surface area (Å²) in [6.45, 7) is 0.524. The number of carbonyl (C=O) groups is 1. The number of carboxylic acids is 1. The molecule has 1 aliphatic rings. The lowest BCUT2D eigenvalue weighted by atomic mass is 9.89. The van der Waals surface area contributed by atoms with Crippen molar-refractivity contribution in [2.24, 2.45) is 0 Å². The van der Waals surface area contributed by atoms with Gasteiger partial charge in [-0.05, 0) is 36.1 Å². The number of ether oxygens (including phenoxy) is 1. The standard InChI is InChI=1S/C13H15BrO3/c1-17-8-9-6-10(14)2-3-11(9)13(4-5-13)7-12(15)16/h2-3,6H,4-5,7-8H2,1H3,(H,15,16). The van der Waals surface area contributed by atoms with Crippen LogP contribution in [0.15, 0.2) is 22.7 Å². The third-order valence-corrected chi connectivity index (χ3v) is 3.77. The number of hydrogen-bond acceptors (Lipinski definition) is 2. The van der Waals surface area contributed by atoms with Gasteiger partial charge in [0.05, 0.1) is 13.0 Å². The van der Waals surface area contributed by atoms with Gasteiger partial charge in [0.15, 0.2) is 0 Å². The van der Waals surface area contributed by atoms with E-state index in [0.29, 0.717) is 6.61 Å². The predicted octanol–water partition coefficient (Wildman–Crippen LogP) is 3.10. The van der Waals surface area contributed by atoms with Crippen LogP contribution in [0.1, 0.15) is 30.4 Å². The minimum Gasteiger partial charge on any atom is -0.481 e. The zero-order valence-electron chi connectivity index (χ0n) is 9.70. The van der Waals surface area contributed by atoms with Gasteiger partial charge in [0.1, 0.15) is 0 Å². The van der Waals surface area contributed by atoms with Crippen LogP contribution in [-0.4, -0.2) is 18.2 Å². The fourth-order valence-corrected chi connectivity index (χ4v) is 2.74. The fourth-order valence-electron chi connectivity index (χ4n) is 2.34. The molecule has 0 aliphatic heterocycles. The molecule has 92 valence electrons. The smallest absolute Gasteiger partial charge is 0.304 e. The highest BCUT2D eigenvalue weighted by molar-refractivity contribution is 9.10. The maximum Gasteiger partial charge on any atom is 0.304 e. The zero-order valence-corrected chi connectivity index (χ0v) is 11.3. The van der Waals surface area contributed by atoms with Crippen molar-refractivity contribution in [2.45, 2.75) is 31.3 Å². The average Bonchev–Trinajstić information content (AvgIpc) is 2.98. The second-order valence-electron chi connectivity index (χ2n) is 4.59. The van der Waals surface area contributed by atoms with E-state index in [1.54, 1.807) is 7.11 Å². The molecule has 0 amide bonds. The molecule has 1 aromatic carbocycles. The zero-order chi connectivity index (χ0) is 12.5. The molecule has 1 aliphatic carbocycles. The molecule has 1 aromatic rings. The van der Waals surface area contributed by atoms with Crippen molar-refractivity contribution >= 4 is 21.9 Å². The summed E-state index contributed by atoms with van der Waals surface area (Å²) in [5, 5.41) is 8.99. The molecule has 0 radical (unpaired) electrons. The van der Waals surface area contributed by atoms with E-state index in [-0.39, 0.29) is 11.8 Å². The van der Waals surface area contributed by atoms with E-state index in [1.165, 1.54) is 0 Å². The number of benzene rings is 1. The Kier molecular flexibility index (Phi) is 3.54. The molecular weight excluding hydrogens is 284 g/mol. The van der Waals surface area contributed by atoms with Gasteiger partial charge in [0.25, 0.3) is 0 Å². The van der Waals surface area contributed by atoms with Gasteiger partial charge in [-0.1, -0.05) is 22.0 Å². The molecular formula is C13H15BrO3. The summed E-state index contributed by atoms with van der Waals surface area (Å²) in [5.74, 6) is -0.728. The second kappa shape index (κ2) is 4.78. The van der Waals surface area contributed by atoms with E-state index >= 15 is 0 Å². The number of methoxy groups -OCH3 is 1. The molecule has 1 saturated carbocycles. The van der Waals surface area contributed by atoms with Crippen LogP contribution in [-0.2, 0) is 21.6 Å². The Labute approximate surface area is 109 Å². The monoisotopic (exact) mass is 298 g/mol. The van der Waals surface area contributed by atoms with Crippen molar-refractivity contribution in [1.82, 2.24) is 0 Å². The average molecular weight is 299 g/mol. The summed E-state index contributed by atoms with van der Waals surface area (Å²) in [6, 6.07) is 6.01. The summed E-state index contributed by atoms with van der Waals surface area (Å²) >= 11 is 3.43. The van der Waals surface area contributed by atoms with Crippen LogP contribution >= 0.6 is 15.9 Å². The van der Waals surface area contributed by atoms with Crippen LogP contribution in [0.25, 0.3) is 0 Å². The van der Waals surface area contributed by atoms with Gasteiger partial charge in [-0.15, -0.1) is 0 Å². The molecule has 0 heterocycles. The number of aliphatic carboxylic acids is 1. The highest BCUT2D eigenvalue weighted by atomic mass is 79.9. The SMILES string of the molecule is COCc1cc(Br)ccc1C1(CC(=O)O)CC1. The van der Waals surface area contributed by atoms with Crippen LogP contribution in [0.4, 0.5) is 0 Å². The Morgan fingerprint density at radius 3 is 2.76 bits per heavy atom. The molecule has 0 atom stereocenters. The first-order valence-electron chi connectivity index (χ1n) is 5.57. The Morgan fingerprint density at radius 1 is 1.53 bits per heavy atom. The Bertz CT molecular complexity index is 438. The number of rotatable bonds is 5. The highest BCUT2D eigenvalue weighted by Gasteiger charge is 2.47. The molecule has 3 nitrogen and oxygen atoms in total. The van der Waals surface area contributed by atoms with Crippen molar-refractivity contribution in [3.8, 4) is 0 Å². The summed E-state index contributed by atoms with van der Waals surface area (Å²) < 4.78 is 6.18. The lowest BCUT2D eigenvalue weighted by Gasteiger charge is -2.18. The van der Waals surface area contributed by atoms with Gasteiger partial charge >= 0.3 is 5.97 Å². The quantitative estimate of drug-likeness (QED) is 0.908. The molecule has 4 heteroatoms. The van der Waals surface area contributed by atoms with Crippen molar-refractivity contribution in [1.29, 1.82) is 0 Å². The first-order chi connectivity index (χ1) is 8.07. The van der Waals surface area contributed by atoms with Crippen molar-refractivity contribution in [2.75, 3.05) is 7.11 Å². The van der Waals surface area contributed by atoms with Gasteiger partial charge in [-0.3, -0.25) is 4.79 Å². The molecule has 1 fully saturated rings. The number of carboxylic acid groups (broad SMARTS) is 1. The Hall–Kier alpha value is -0.870. The third kappa shape index (κ3) is 2.69. The van der Waals surface area contributed by atoms with Crippen molar-refractivity contribution < 1.29 is 14.6 Å². The Morgan fingerprint density at radius 2 is 2.24 bits per heavy atom. The number of hydrogen-bond donors (Lipinski definition) is 1.